The maximum atomic E-state index is 13.0. The molecule has 1 heterocycles. The molecule has 0 atom stereocenters. The standard InChI is InChI=1S/C18H17FN4O3S2/c1-11(2)28(25,26)23-15-9-5-12(6-10-15)16(24)20-18-22-21-17(27-18)13-3-7-14(19)8-4-13/h3-11,23H,1-2H3,(H,20,22,24). The van der Waals surface area contributed by atoms with Gasteiger partial charge in [-0.15, -0.1) is 10.2 Å². The molecule has 0 saturated heterocycles. The van der Waals surface area contributed by atoms with Crippen LogP contribution in [0.5, 0.6) is 0 Å². The van der Waals surface area contributed by atoms with E-state index in [0.717, 1.165) is 11.3 Å². The Morgan fingerprint density at radius 2 is 1.68 bits per heavy atom. The molecule has 0 aliphatic carbocycles. The first kappa shape index (κ1) is 19.9. The fourth-order valence-corrected chi connectivity index (χ4v) is 3.57. The first-order valence-electron chi connectivity index (χ1n) is 8.27. The molecule has 1 aromatic heterocycles. The summed E-state index contributed by atoms with van der Waals surface area (Å²) in [5.41, 5.74) is 1.41. The van der Waals surface area contributed by atoms with Crippen molar-refractivity contribution in [2.75, 3.05) is 10.0 Å². The summed E-state index contributed by atoms with van der Waals surface area (Å²) in [6, 6.07) is 11.9. The second-order valence-corrected chi connectivity index (χ2v) is 9.36. The molecular formula is C18H17FN4O3S2. The second kappa shape index (κ2) is 8.03. The number of nitrogens with one attached hydrogen (secondary N) is 2. The number of carbonyl (C=O) groups excluding carboxylic acids is 1. The van der Waals surface area contributed by atoms with Gasteiger partial charge >= 0.3 is 0 Å². The molecular weight excluding hydrogens is 403 g/mol. The molecule has 2 aromatic carbocycles. The van der Waals surface area contributed by atoms with Crippen LogP contribution in [0, 0.1) is 5.82 Å². The van der Waals surface area contributed by atoms with E-state index in [4.69, 9.17) is 0 Å². The first-order valence-corrected chi connectivity index (χ1v) is 10.6. The summed E-state index contributed by atoms with van der Waals surface area (Å²) in [6.45, 7) is 3.15. The Kier molecular flexibility index (Phi) is 5.71. The van der Waals surface area contributed by atoms with Gasteiger partial charge in [0, 0.05) is 16.8 Å². The maximum Gasteiger partial charge on any atom is 0.257 e. The zero-order valence-corrected chi connectivity index (χ0v) is 16.6. The van der Waals surface area contributed by atoms with Gasteiger partial charge in [0.05, 0.1) is 5.25 Å². The Balaban J connectivity index is 1.67. The highest BCUT2D eigenvalue weighted by atomic mass is 32.2. The lowest BCUT2D eigenvalue weighted by Crippen LogP contribution is -2.22. The highest BCUT2D eigenvalue weighted by Crippen LogP contribution is 2.26. The summed E-state index contributed by atoms with van der Waals surface area (Å²) in [6.07, 6.45) is 0. The summed E-state index contributed by atoms with van der Waals surface area (Å²) < 4.78 is 39.2. The second-order valence-electron chi connectivity index (χ2n) is 6.15. The normalized spacial score (nSPS) is 11.4. The molecule has 0 fully saturated rings. The van der Waals surface area contributed by atoms with Crippen LogP contribution in [0.3, 0.4) is 0 Å². The maximum absolute atomic E-state index is 13.0. The summed E-state index contributed by atoms with van der Waals surface area (Å²) in [5.74, 6) is -0.749. The third-order valence-electron chi connectivity index (χ3n) is 3.76. The Morgan fingerprint density at radius 1 is 1.04 bits per heavy atom. The smallest absolute Gasteiger partial charge is 0.257 e. The van der Waals surface area contributed by atoms with Crippen molar-refractivity contribution in [3.63, 3.8) is 0 Å². The molecule has 0 spiro atoms. The van der Waals surface area contributed by atoms with Gasteiger partial charge in [-0.3, -0.25) is 14.8 Å². The van der Waals surface area contributed by atoms with Crippen molar-refractivity contribution in [1.29, 1.82) is 0 Å². The molecule has 7 nitrogen and oxygen atoms in total. The van der Waals surface area contributed by atoms with Crippen LogP contribution in [0.25, 0.3) is 10.6 Å². The molecule has 146 valence electrons. The number of hydrogen-bond acceptors (Lipinski definition) is 6. The molecule has 2 N–H and O–H groups in total. The van der Waals surface area contributed by atoms with Crippen molar-refractivity contribution in [1.82, 2.24) is 10.2 Å². The number of rotatable bonds is 6. The number of aromatic nitrogens is 2. The molecule has 1 amide bonds. The number of nitrogens with zero attached hydrogens (tertiary/aromatic N) is 2. The number of benzene rings is 2. The predicted molar refractivity (Wildman–Crippen MR) is 107 cm³/mol. The zero-order chi connectivity index (χ0) is 20.3. The first-order chi connectivity index (χ1) is 13.2. The van der Waals surface area contributed by atoms with E-state index in [9.17, 15) is 17.6 Å². The van der Waals surface area contributed by atoms with E-state index in [2.05, 4.69) is 20.2 Å². The highest BCUT2D eigenvalue weighted by Gasteiger charge is 2.16. The lowest BCUT2D eigenvalue weighted by molar-refractivity contribution is 0.102. The van der Waals surface area contributed by atoms with Crippen LogP contribution in [0.4, 0.5) is 15.2 Å². The average Bonchev–Trinajstić information content (AvgIpc) is 3.11. The SMILES string of the molecule is CC(C)S(=O)(=O)Nc1ccc(C(=O)Nc2nnc(-c3ccc(F)cc3)s2)cc1. The van der Waals surface area contributed by atoms with Crippen LogP contribution in [0.1, 0.15) is 24.2 Å². The van der Waals surface area contributed by atoms with E-state index in [1.54, 1.807) is 26.0 Å². The Morgan fingerprint density at radius 3 is 2.29 bits per heavy atom. The van der Waals surface area contributed by atoms with Crippen molar-refractivity contribution in [2.24, 2.45) is 0 Å². The monoisotopic (exact) mass is 420 g/mol. The van der Waals surface area contributed by atoms with E-state index in [0.29, 0.717) is 27.0 Å². The molecule has 3 aromatic rings. The third kappa shape index (κ3) is 4.70. The minimum absolute atomic E-state index is 0.300. The third-order valence-corrected chi connectivity index (χ3v) is 6.41. The van der Waals surface area contributed by atoms with Crippen molar-refractivity contribution < 1.29 is 17.6 Å². The van der Waals surface area contributed by atoms with E-state index >= 15 is 0 Å². The fourth-order valence-electron chi connectivity index (χ4n) is 2.12. The topological polar surface area (TPSA) is 101 Å². The van der Waals surface area contributed by atoms with Crippen molar-refractivity contribution in [2.45, 2.75) is 19.1 Å². The number of hydrogen-bond donors (Lipinski definition) is 2. The van der Waals surface area contributed by atoms with Gasteiger partial charge in [-0.25, -0.2) is 12.8 Å². The highest BCUT2D eigenvalue weighted by molar-refractivity contribution is 7.93. The van der Waals surface area contributed by atoms with E-state index in [1.807, 2.05) is 0 Å². The lowest BCUT2D eigenvalue weighted by atomic mass is 10.2. The van der Waals surface area contributed by atoms with Crippen molar-refractivity contribution >= 4 is 38.1 Å². The number of sulfonamides is 1. The van der Waals surface area contributed by atoms with E-state index < -0.39 is 21.2 Å². The van der Waals surface area contributed by atoms with Gasteiger partial charge < -0.3 is 0 Å². The minimum Gasteiger partial charge on any atom is -0.296 e. The molecule has 10 heteroatoms. The molecule has 0 aliphatic rings. The number of carbonyl (C=O) groups is 1. The number of halogens is 1. The summed E-state index contributed by atoms with van der Waals surface area (Å²) >= 11 is 1.16. The summed E-state index contributed by atoms with van der Waals surface area (Å²) in [5, 5.41) is 10.8. The van der Waals surface area contributed by atoms with Gasteiger partial charge in [0.1, 0.15) is 10.8 Å². The van der Waals surface area contributed by atoms with Gasteiger partial charge in [-0.1, -0.05) is 11.3 Å². The lowest BCUT2D eigenvalue weighted by Gasteiger charge is -2.11. The summed E-state index contributed by atoms with van der Waals surface area (Å²) in [4.78, 5) is 12.3. The molecule has 0 saturated carbocycles. The van der Waals surface area contributed by atoms with Gasteiger partial charge in [-0.05, 0) is 62.4 Å². The van der Waals surface area contributed by atoms with Gasteiger partial charge in [0.2, 0.25) is 15.2 Å². The Labute approximate surface area is 165 Å². The van der Waals surface area contributed by atoms with Crippen molar-refractivity contribution in [3.05, 3.63) is 59.9 Å². The molecule has 0 bridgehead atoms. The largest absolute Gasteiger partial charge is 0.296 e. The molecule has 0 aliphatic heterocycles. The average molecular weight is 420 g/mol. The summed E-state index contributed by atoms with van der Waals surface area (Å²) in [7, 11) is -3.45. The van der Waals surface area contributed by atoms with Crippen LogP contribution < -0.4 is 10.0 Å². The Bertz CT molecular complexity index is 1080. The molecule has 28 heavy (non-hydrogen) atoms. The van der Waals surface area contributed by atoms with Gasteiger partial charge in [0.25, 0.3) is 5.91 Å². The number of amides is 1. The fraction of sp³-hybridized carbons (Fsp3) is 0.167. The van der Waals surface area contributed by atoms with Gasteiger partial charge in [0.15, 0.2) is 0 Å². The quantitative estimate of drug-likeness (QED) is 0.633. The molecule has 0 radical (unpaired) electrons. The molecule has 0 unspecified atom stereocenters. The van der Waals surface area contributed by atoms with E-state index in [-0.39, 0.29) is 5.82 Å². The van der Waals surface area contributed by atoms with Crippen molar-refractivity contribution in [3.8, 4) is 10.6 Å². The minimum atomic E-state index is -3.45. The Hall–Kier alpha value is -2.85. The van der Waals surface area contributed by atoms with E-state index in [1.165, 1.54) is 36.4 Å². The van der Waals surface area contributed by atoms with Crippen LogP contribution >= 0.6 is 11.3 Å². The molecule has 3 rings (SSSR count). The van der Waals surface area contributed by atoms with Crippen LogP contribution in [0.2, 0.25) is 0 Å². The van der Waals surface area contributed by atoms with Gasteiger partial charge in [-0.2, -0.15) is 0 Å². The predicted octanol–water partition coefficient (Wildman–Crippen LogP) is 3.75. The van der Waals surface area contributed by atoms with Crippen LogP contribution in [0.15, 0.2) is 48.5 Å². The van der Waals surface area contributed by atoms with Crippen LogP contribution in [-0.2, 0) is 10.0 Å². The number of anilines is 2. The zero-order valence-electron chi connectivity index (χ0n) is 15.0. The van der Waals surface area contributed by atoms with Crippen LogP contribution in [-0.4, -0.2) is 29.8 Å².